The van der Waals surface area contributed by atoms with Crippen molar-refractivity contribution in [3.63, 3.8) is 0 Å². The van der Waals surface area contributed by atoms with Gasteiger partial charge in [0.05, 0.1) is 20.1 Å². The smallest absolute Gasteiger partial charge is 0.307 e. The molecule has 20 heavy (non-hydrogen) atoms. The summed E-state index contributed by atoms with van der Waals surface area (Å²) in [6.07, 6.45) is -0.222. The van der Waals surface area contributed by atoms with Crippen LogP contribution in [-0.4, -0.2) is 62.8 Å². The number of ether oxygens (including phenoxy) is 2. The molecule has 7 heteroatoms. The van der Waals surface area contributed by atoms with Gasteiger partial charge in [-0.2, -0.15) is 0 Å². The molecule has 1 fully saturated rings. The molecule has 1 atom stereocenters. The van der Waals surface area contributed by atoms with Crippen molar-refractivity contribution in [2.24, 2.45) is 5.92 Å². The van der Waals surface area contributed by atoms with E-state index in [0.29, 0.717) is 32.2 Å². The minimum Gasteiger partial charge on any atom is -0.469 e. The van der Waals surface area contributed by atoms with Crippen LogP contribution in [0.2, 0.25) is 0 Å². The Kier molecular flexibility index (Phi) is 9.54. The zero-order valence-corrected chi connectivity index (χ0v) is 13.2. The van der Waals surface area contributed by atoms with Gasteiger partial charge >= 0.3 is 5.97 Å². The lowest BCUT2D eigenvalue weighted by molar-refractivity contribution is -0.147. The quantitative estimate of drug-likeness (QED) is 0.721. The highest BCUT2D eigenvalue weighted by Gasteiger charge is 2.27. The van der Waals surface area contributed by atoms with Crippen molar-refractivity contribution < 1.29 is 19.1 Å². The molecular formula is C13H25ClN2O4. The van der Waals surface area contributed by atoms with Crippen molar-refractivity contribution in [3.05, 3.63) is 0 Å². The summed E-state index contributed by atoms with van der Waals surface area (Å²) < 4.78 is 10.1. The first kappa shape index (κ1) is 19.1. The molecule has 1 aliphatic rings. The number of amides is 1. The van der Waals surface area contributed by atoms with Crippen LogP contribution in [0.1, 0.15) is 20.3 Å². The van der Waals surface area contributed by atoms with Crippen molar-refractivity contribution >= 4 is 24.3 Å². The monoisotopic (exact) mass is 308 g/mol. The van der Waals surface area contributed by atoms with Crippen molar-refractivity contribution in [3.8, 4) is 0 Å². The molecule has 1 unspecified atom stereocenters. The molecule has 0 aromatic carbocycles. The number of morpholine rings is 1. The molecule has 1 amide bonds. The van der Waals surface area contributed by atoms with Gasteiger partial charge in [0, 0.05) is 26.2 Å². The van der Waals surface area contributed by atoms with Crippen LogP contribution in [0.5, 0.6) is 0 Å². The van der Waals surface area contributed by atoms with E-state index in [1.165, 1.54) is 7.11 Å². The fourth-order valence-corrected chi connectivity index (χ4v) is 1.99. The molecule has 0 radical (unpaired) electrons. The predicted octanol–water partition coefficient (Wildman–Crippen LogP) is 0.444. The molecule has 6 nitrogen and oxygen atoms in total. The molecule has 0 saturated carbocycles. The van der Waals surface area contributed by atoms with E-state index in [0.717, 1.165) is 6.54 Å². The number of carbonyl (C=O) groups is 2. The molecule has 0 spiro atoms. The number of carbonyl (C=O) groups excluding carboxylic acids is 2. The number of esters is 1. The number of nitrogens with one attached hydrogen (secondary N) is 1. The van der Waals surface area contributed by atoms with Gasteiger partial charge in [0.2, 0.25) is 0 Å². The Morgan fingerprint density at radius 1 is 1.45 bits per heavy atom. The lowest BCUT2D eigenvalue weighted by Crippen LogP contribution is -2.50. The number of halogens is 1. The summed E-state index contributed by atoms with van der Waals surface area (Å²) in [7, 11) is 1.35. The number of hydrogen-bond donors (Lipinski definition) is 1. The second-order valence-corrected chi connectivity index (χ2v) is 5.07. The van der Waals surface area contributed by atoms with Crippen LogP contribution < -0.4 is 5.32 Å². The summed E-state index contributed by atoms with van der Waals surface area (Å²) in [4.78, 5) is 25.2. The minimum absolute atomic E-state index is 0. The summed E-state index contributed by atoms with van der Waals surface area (Å²) in [5.41, 5.74) is 0. The second-order valence-electron chi connectivity index (χ2n) is 5.07. The van der Waals surface area contributed by atoms with Crippen molar-refractivity contribution in [1.29, 1.82) is 0 Å². The molecule has 1 N–H and O–H groups in total. The third kappa shape index (κ3) is 6.54. The number of rotatable bonds is 6. The van der Waals surface area contributed by atoms with E-state index in [1.807, 2.05) is 13.8 Å². The molecule has 1 saturated heterocycles. The van der Waals surface area contributed by atoms with Crippen molar-refractivity contribution in [2.75, 3.05) is 39.9 Å². The molecular weight excluding hydrogens is 284 g/mol. The zero-order valence-electron chi connectivity index (χ0n) is 12.4. The fourth-order valence-electron chi connectivity index (χ4n) is 1.99. The molecule has 0 aromatic heterocycles. The molecule has 0 aromatic rings. The van der Waals surface area contributed by atoms with Crippen molar-refractivity contribution in [2.45, 2.75) is 26.4 Å². The van der Waals surface area contributed by atoms with Gasteiger partial charge in [-0.3, -0.25) is 9.59 Å². The van der Waals surface area contributed by atoms with Crippen LogP contribution >= 0.6 is 12.4 Å². The third-order valence-electron chi connectivity index (χ3n) is 2.91. The van der Waals surface area contributed by atoms with E-state index in [4.69, 9.17) is 4.74 Å². The number of methoxy groups -OCH3 is 1. The Morgan fingerprint density at radius 3 is 2.65 bits per heavy atom. The van der Waals surface area contributed by atoms with Crippen LogP contribution in [-0.2, 0) is 19.1 Å². The normalized spacial score (nSPS) is 18.3. The first-order chi connectivity index (χ1) is 9.04. The van der Waals surface area contributed by atoms with E-state index in [9.17, 15) is 9.59 Å². The van der Waals surface area contributed by atoms with Gasteiger partial charge < -0.3 is 19.7 Å². The van der Waals surface area contributed by atoms with Gasteiger partial charge in [-0.05, 0) is 5.92 Å². The Morgan fingerprint density at radius 2 is 2.15 bits per heavy atom. The first-order valence-electron chi connectivity index (χ1n) is 6.72. The van der Waals surface area contributed by atoms with Crippen molar-refractivity contribution in [1.82, 2.24) is 10.2 Å². The van der Waals surface area contributed by atoms with Gasteiger partial charge in [0.1, 0.15) is 6.10 Å². The van der Waals surface area contributed by atoms with E-state index in [-0.39, 0.29) is 30.7 Å². The van der Waals surface area contributed by atoms with Gasteiger partial charge in [0.15, 0.2) is 0 Å². The largest absolute Gasteiger partial charge is 0.469 e. The number of nitrogens with zero attached hydrogens (tertiary/aromatic N) is 1. The summed E-state index contributed by atoms with van der Waals surface area (Å²) in [5, 5.41) is 3.14. The summed E-state index contributed by atoms with van der Waals surface area (Å²) in [6, 6.07) is 0. The predicted molar refractivity (Wildman–Crippen MR) is 77.9 cm³/mol. The van der Waals surface area contributed by atoms with Crippen LogP contribution in [0.25, 0.3) is 0 Å². The lowest BCUT2D eigenvalue weighted by Gasteiger charge is -2.30. The topological polar surface area (TPSA) is 67.9 Å². The number of hydrogen-bond acceptors (Lipinski definition) is 5. The molecule has 1 heterocycles. The standard InChI is InChI=1S/C13H24N2O4.ClH/c1-10(2)9-15(6-4-12(16)18-3)13(17)11-8-14-5-7-19-11;/h10-11,14H,4-9H2,1-3H3;1H. The highest BCUT2D eigenvalue weighted by Crippen LogP contribution is 2.07. The highest BCUT2D eigenvalue weighted by molar-refractivity contribution is 5.85. The van der Waals surface area contributed by atoms with Crippen LogP contribution in [0.3, 0.4) is 0 Å². The van der Waals surface area contributed by atoms with E-state index >= 15 is 0 Å². The van der Waals surface area contributed by atoms with Gasteiger partial charge in [-0.15, -0.1) is 12.4 Å². The molecule has 118 valence electrons. The van der Waals surface area contributed by atoms with E-state index < -0.39 is 6.10 Å². The van der Waals surface area contributed by atoms with Crippen LogP contribution in [0.15, 0.2) is 0 Å². The Hall–Kier alpha value is -0.850. The average molecular weight is 309 g/mol. The maximum absolute atomic E-state index is 12.3. The Labute approximate surface area is 126 Å². The maximum atomic E-state index is 12.3. The first-order valence-corrected chi connectivity index (χ1v) is 6.72. The Bertz CT molecular complexity index is 307. The van der Waals surface area contributed by atoms with Gasteiger partial charge in [-0.1, -0.05) is 13.8 Å². The van der Waals surface area contributed by atoms with Gasteiger partial charge in [-0.25, -0.2) is 0 Å². The van der Waals surface area contributed by atoms with E-state index in [1.54, 1.807) is 4.90 Å². The third-order valence-corrected chi connectivity index (χ3v) is 2.91. The molecule has 0 bridgehead atoms. The zero-order chi connectivity index (χ0) is 14.3. The highest BCUT2D eigenvalue weighted by atomic mass is 35.5. The SMILES string of the molecule is COC(=O)CCN(CC(C)C)C(=O)C1CNCCO1.Cl. The Balaban J connectivity index is 0.00000361. The summed E-state index contributed by atoms with van der Waals surface area (Å²) in [6.45, 7) is 6.93. The minimum atomic E-state index is -0.440. The van der Waals surface area contributed by atoms with E-state index in [2.05, 4.69) is 10.1 Å². The molecule has 1 aliphatic heterocycles. The molecule has 0 aliphatic carbocycles. The summed E-state index contributed by atoms with van der Waals surface area (Å²) >= 11 is 0. The van der Waals surface area contributed by atoms with Gasteiger partial charge in [0.25, 0.3) is 5.91 Å². The lowest BCUT2D eigenvalue weighted by atomic mass is 10.1. The molecule has 1 rings (SSSR count). The summed E-state index contributed by atoms with van der Waals surface area (Å²) in [5.74, 6) is -0.00723. The maximum Gasteiger partial charge on any atom is 0.307 e. The van der Waals surface area contributed by atoms with Crippen LogP contribution in [0, 0.1) is 5.92 Å². The average Bonchev–Trinajstić information content (AvgIpc) is 2.42. The second kappa shape index (κ2) is 9.96. The van der Waals surface area contributed by atoms with Crippen LogP contribution in [0.4, 0.5) is 0 Å². The fraction of sp³-hybridized carbons (Fsp3) is 0.846.